The van der Waals surface area contributed by atoms with Crippen LogP contribution in [0.5, 0.6) is 0 Å². The van der Waals surface area contributed by atoms with Gasteiger partial charge in [0.1, 0.15) is 0 Å². The predicted octanol–water partition coefficient (Wildman–Crippen LogP) is 3.39. The molecule has 0 bridgehead atoms. The van der Waals surface area contributed by atoms with Crippen LogP contribution in [-0.4, -0.2) is 12.6 Å². The molecule has 0 aliphatic rings. The van der Waals surface area contributed by atoms with Crippen molar-refractivity contribution in [3.8, 4) is 0 Å². The van der Waals surface area contributed by atoms with E-state index in [2.05, 4.69) is 32.9 Å². The molecule has 1 heterocycles. The van der Waals surface area contributed by atoms with Gasteiger partial charge in [-0.2, -0.15) is 0 Å². The third-order valence-corrected chi connectivity index (χ3v) is 4.34. The largest absolute Gasteiger partial charge is 0.466 e. The third kappa shape index (κ3) is 4.42. The van der Waals surface area contributed by atoms with Crippen LogP contribution >= 0.6 is 11.3 Å². The Balaban J connectivity index is 2.54. The Hall–Kier alpha value is -0.870. The molecule has 0 aromatic carbocycles. The molecule has 0 amide bonds. The van der Waals surface area contributed by atoms with E-state index >= 15 is 0 Å². The van der Waals surface area contributed by atoms with E-state index in [1.807, 2.05) is 6.92 Å². The summed E-state index contributed by atoms with van der Waals surface area (Å²) in [5.74, 6) is -0.166. The first-order valence-corrected chi connectivity index (χ1v) is 7.17. The topological polar surface area (TPSA) is 52.3 Å². The molecule has 102 valence electrons. The maximum Gasteiger partial charge on any atom is 0.305 e. The zero-order valence-electron chi connectivity index (χ0n) is 11.7. The Bertz CT molecular complexity index is 393. The number of hydrogen-bond acceptors (Lipinski definition) is 4. The zero-order chi connectivity index (χ0) is 13.8. The molecule has 18 heavy (non-hydrogen) atoms. The minimum atomic E-state index is -0.166. The number of rotatable bonds is 5. The minimum Gasteiger partial charge on any atom is -0.466 e. The second-order valence-electron chi connectivity index (χ2n) is 5.40. The summed E-state index contributed by atoms with van der Waals surface area (Å²) in [4.78, 5) is 13.7. The third-order valence-electron chi connectivity index (χ3n) is 2.70. The second kappa shape index (κ2) is 6.34. The summed E-state index contributed by atoms with van der Waals surface area (Å²) in [6.45, 7) is 8.81. The van der Waals surface area contributed by atoms with Crippen molar-refractivity contribution in [1.82, 2.24) is 0 Å². The normalized spacial score (nSPS) is 13.4. The SMILES string of the molecule is CCOC(=O)CCC(N)c1ccc(C(C)(C)C)s1. The van der Waals surface area contributed by atoms with Crippen molar-refractivity contribution < 1.29 is 9.53 Å². The van der Waals surface area contributed by atoms with Crippen molar-refractivity contribution in [2.75, 3.05) is 6.61 Å². The van der Waals surface area contributed by atoms with Crippen LogP contribution in [0, 0.1) is 0 Å². The van der Waals surface area contributed by atoms with E-state index in [9.17, 15) is 4.79 Å². The number of carbonyl (C=O) groups excluding carboxylic acids is 1. The number of esters is 1. The highest BCUT2D eigenvalue weighted by Crippen LogP contribution is 2.32. The van der Waals surface area contributed by atoms with Crippen molar-refractivity contribution in [3.63, 3.8) is 0 Å². The summed E-state index contributed by atoms with van der Waals surface area (Å²) in [6.07, 6.45) is 1.03. The van der Waals surface area contributed by atoms with Gasteiger partial charge in [0.15, 0.2) is 0 Å². The molecular weight excluding hydrogens is 246 g/mol. The molecule has 1 aromatic heterocycles. The average Bonchev–Trinajstić information content (AvgIpc) is 2.75. The number of thiophene rings is 1. The molecule has 0 saturated carbocycles. The van der Waals surface area contributed by atoms with Crippen molar-refractivity contribution in [3.05, 3.63) is 21.9 Å². The van der Waals surface area contributed by atoms with Crippen molar-refractivity contribution >= 4 is 17.3 Å². The summed E-state index contributed by atoms with van der Waals surface area (Å²) < 4.78 is 4.90. The number of ether oxygens (including phenoxy) is 1. The van der Waals surface area contributed by atoms with Gasteiger partial charge in [-0.25, -0.2) is 0 Å². The van der Waals surface area contributed by atoms with Gasteiger partial charge in [0.2, 0.25) is 0 Å². The van der Waals surface area contributed by atoms with Gasteiger partial charge in [-0.1, -0.05) is 20.8 Å². The van der Waals surface area contributed by atoms with E-state index < -0.39 is 0 Å². The lowest BCUT2D eigenvalue weighted by Gasteiger charge is -2.15. The van der Waals surface area contributed by atoms with E-state index in [0.29, 0.717) is 19.4 Å². The standard InChI is InChI=1S/C14H23NO2S/c1-5-17-13(16)9-6-10(15)11-7-8-12(18-11)14(2,3)4/h7-8,10H,5-6,9,15H2,1-4H3. The van der Waals surface area contributed by atoms with Gasteiger partial charge in [0.05, 0.1) is 6.61 Å². The zero-order valence-corrected chi connectivity index (χ0v) is 12.5. The van der Waals surface area contributed by atoms with Crippen LogP contribution in [0.4, 0.5) is 0 Å². The van der Waals surface area contributed by atoms with E-state index in [1.54, 1.807) is 11.3 Å². The lowest BCUT2D eigenvalue weighted by molar-refractivity contribution is -0.143. The van der Waals surface area contributed by atoms with Gasteiger partial charge in [-0.05, 0) is 30.9 Å². The molecule has 1 rings (SSSR count). The van der Waals surface area contributed by atoms with Crippen LogP contribution in [0.3, 0.4) is 0 Å². The first-order chi connectivity index (χ1) is 8.34. The van der Waals surface area contributed by atoms with Gasteiger partial charge in [0, 0.05) is 22.2 Å². The van der Waals surface area contributed by atoms with Gasteiger partial charge in [0.25, 0.3) is 0 Å². The van der Waals surface area contributed by atoms with Crippen LogP contribution in [0.2, 0.25) is 0 Å². The molecule has 1 aromatic rings. The summed E-state index contributed by atoms with van der Waals surface area (Å²) in [7, 11) is 0. The lowest BCUT2D eigenvalue weighted by atomic mass is 9.95. The van der Waals surface area contributed by atoms with E-state index in [-0.39, 0.29) is 17.4 Å². The molecule has 0 fully saturated rings. The summed E-state index contributed by atoms with van der Waals surface area (Å²) >= 11 is 1.74. The molecule has 0 aliphatic heterocycles. The smallest absolute Gasteiger partial charge is 0.305 e. The second-order valence-corrected chi connectivity index (χ2v) is 6.52. The Kier molecular flexibility index (Phi) is 5.35. The molecule has 1 atom stereocenters. The van der Waals surface area contributed by atoms with Crippen molar-refractivity contribution in [2.24, 2.45) is 5.73 Å². The summed E-state index contributed by atoms with van der Waals surface area (Å²) in [5.41, 5.74) is 6.26. The molecule has 4 heteroatoms. The maximum absolute atomic E-state index is 11.3. The summed E-state index contributed by atoms with van der Waals surface area (Å²) in [5, 5.41) is 0. The Morgan fingerprint density at radius 2 is 2.11 bits per heavy atom. The Morgan fingerprint density at radius 3 is 2.61 bits per heavy atom. The minimum absolute atomic E-state index is 0.0736. The first-order valence-electron chi connectivity index (χ1n) is 6.36. The van der Waals surface area contributed by atoms with Crippen LogP contribution in [0.1, 0.15) is 56.3 Å². The van der Waals surface area contributed by atoms with Gasteiger partial charge in [-0.15, -0.1) is 11.3 Å². The van der Waals surface area contributed by atoms with Gasteiger partial charge < -0.3 is 10.5 Å². The fourth-order valence-electron chi connectivity index (χ4n) is 1.60. The fourth-order valence-corrected chi connectivity index (χ4v) is 2.71. The average molecular weight is 269 g/mol. The highest BCUT2D eigenvalue weighted by Gasteiger charge is 2.18. The van der Waals surface area contributed by atoms with Crippen molar-refractivity contribution in [2.45, 2.75) is 52.0 Å². The first kappa shape index (κ1) is 15.2. The maximum atomic E-state index is 11.3. The summed E-state index contributed by atoms with van der Waals surface area (Å²) in [6, 6.07) is 4.13. The van der Waals surface area contributed by atoms with Gasteiger partial charge >= 0.3 is 5.97 Å². The number of carbonyl (C=O) groups is 1. The van der Waals surface area contributed by atoms with E-state index in [4.69, 9.17) is 10.5 Å². The van der Waals surface area contributed by atoms with E-state index in [1.165, 1.54) is 4.88 Å². The molecule has 2 N–H and O–H groups in total. The monoisotopic (exact) mass is 269 g/mol. The predicted molar refractivity (Wildman–Crippen MR) is 75.8 cm³/mol. The van der Waals surface area contributed by atoms with Crippen molar-refractivity contribution in [1.29, 1.82) is 0 Å². The highest BCUT2D eigenvalue weighted by molar-refractivity contribution is 7.12. The quantitative estimate of drug-likeness (QED) is 0.834. The number of nitrogens with two attached hydrogens (primary N) is 1. The molecule has 0 spiro atoms. The Morgan fingerprint density at radius 1 is 1.44 bits per heavy atom. The van der Waals surface area contributed by atoms with Crippen LogP contribution in [-0.2, 0) is 14.9 Å². The van der Waals surface area contributed by atoms with Crippen LogP contribution in [0.25, 0.3) is 0 Å². The lowest BCUT2D eigenvalue weighted by Crippen LogP contribution is -2.12. The van der Waals surface area contributed by atoms with Crippen LogP contribution < -0.4 is 5.73 Å². The highest BCUT2D eigenvalue weighted by atomic mass is 32.1. The molecule has 0 saturated heterocycles. The fraction of sp³-hybridized carbons (Fsp3) is 0.643. The van der Waals surface area contributed by atoms with Gasteiger partial charge in [-0.3, -0.25) is 4.79 Å². The molecular formula is C14H23NO2S. The van der Waals surface area contributed by atoms with E-state index in [0.717, 1.165) is 4.88 Å². The number of hydrogen-bond donors (Lipinski definition) is 1. The molecule has 3 nitrogen and oxygen atoms in total. The molecule has 0 radical (unpaired) electrons. The molecule has 1 unspecified atom stereocenters. The molecule has 0 aliphatic carbocycles. The van der Waals surface area contributed by atoms with Crippen LogP contribution in [0.15, 0.2) is 12.1 Å². The Labute approximate surface area is 113 Å².